The van der Waals surface area contributed by atoms with E-state index in [0.29, 0.717) is 18.3 Å². The van der Waals surface area contributed by atoms with Crippen molar-refractivity contribution in [3.05, 3.63) is 58.2 Å². The summed E-state index contributed by atoms with van der Waals surface area (Å²) in [6.07, 6.45) is 7.75. The molecule has 4 aliphatic rings. The number of aliphatic hydroxyl groups is 2. The van der Waals surface area contributed by atoms with E-state index in [-0.39, 0.29) is 23.2 Å². The number of rotatable bonds is 2. The smallest absolute Gasteiger partial charge is 0.156 e. The van der Waals surface area contributed by atoms with Crippen LogP contribution in [0.5, 0.6) is 0 Å². The fourth-order valence-corrected chi connectivity index (χ4v) is 6.97. The Kier molecular flexibility index (Phi) is 4.60. The second-order valence-electron chi connectivity index (χ2n) is 10.0. The highest BCUT2D eigenvalue weighted by Gasteiger charge is 2.56. The zero-order chi connectivity index (χ0) is 20.3. The van der Waals surface area contributed by atoms with Gasteiger partial charge in [0, 0.05) is 12.3 Å². The topological polar surface area (TPSA) is 57.5 Å². The maximum Gasteiger partial charge on any atom is 0.156 e. The van der Waals surface area contributed by atoms with Crippen LogP contribution in [0, 0.1) is 17.3 Å². The van der Waals surface area contributed by atoms with Gasteiger partial charge in [0.05, 0.1) is 12.2 Å². The number of allylic oxidation sites excluding steroid dienone is 4. The minimum atomic E-state index is -0.485. The van der Waals surface area contributed by atoms with Crippen LogP contribution >= 0.6 is 0 Å². The third-order valence-corrected chi connectivity index (χ3v) is 8.48. The van der Waals surface area contributed by atoms with Gasteiger partial charge in [-0.15, -0.1) is 0 Å². The zero-order valence-corrected chi connectivity index (χ0v) is 17.5. The van der Waals surface area contributed by atoms with Crippen LogP contribution in [0.2, 0.25) is 0 Å². The number of hydrogen-bond acceptors (Lipinski definition) is 3. The van der Waals surface area contributed by atoms with Gasteiger partial charge in [0.25, 0.3) is 0 Å². The highest BCUT2D eigenvalue weighted by atomic mass is 16.3. The predicted molar refractivity (Wildman–Crippen MR) is 113 cm³/mol. The van der Waals surface area contributed by atoms with Crippen molar-refractivity contribution in [1.29, 1.82) is 0 Å². The van der Waals surface area contributed by atoms with Gasteiger partial charge < -0.3 is 10.2 Å². The van der Waals surface area contributed by atoms with Crippen molar-refractivity contribution >= 4 is 5.78 Å². The zero-order valence-electron chi connectivity index (χ0n) is 17.5. The molecule has 1 aromatic rings. The molecule has 3 heteroatoms. The average molecular weight is 393 g/mol. The molecule has 4 aliphatic carbocycles. The molecule has 0 aliphatic heterocycles. The monoisotopic (exact) mass is 392 g/mol. The Bertz CT molecular complexity index is 908. The van der Waals surface area contributed by atoms with Gasteiger partial charge in [-0.25, -0.2) is 0 Å². The lowest BCUT2D eigenvalue weighted by atomic mass is 9.53. The maximum atomic E-state index is 12.1. The van der Waals surface area contributed by atoms with Crippen molar-refractivity contribution in [2.75, 3.05) is 0 Å². The van der Waals surface area contributed by atoms with Gasteiger partial charge in [0.15, 0.2) is 5.78 Å². The Morgan fingerprint density at radius 1 is 1.14 bits per heavy atom. The van der Waals surface area contributed by atoms with Gasteiger partial charge in [-0.05, 0) is 91.0 Å². The summed E-state index contributed by atoms with van der Waals surface area (Å²) in [4.78, 5) is 12.1. The summed E-state index contributed by atoms with van der Waals surface area (Å²) in [5.74, 6) is 1.58. The van der Waals surface area contributed by atoms with Crippen molar-refractivity contribution in [1.82, 2.24) is 0 Å². The van der Waals surface area contributed by atoms with Crippen LogP contribution in [0.1, 0.15) is 81.9 Å². The van der Waals surface area contributed by atoms with E-state index in [1.807, 2.05) is 19.1 Å². The highest BCUT2D eigenvalue weighted by Crippen LogP contribution is 2.63. The molecule has 2 N–H and O–H groups in total. The van der Waals surface area contributed by atoms with Crippen LogP contribution in [-0.2, 0) is 4.79 Å². The summed E-state index contributed by atoms with van der Waals surface area (Å²) in [6, 6.07) is 8.41. The summed E-state index contributed by atoms with van der Waals surface area (Å²) in [5.41, 5.74) is 6.42. The number of carbonyl (C=O) groups is 1. The molecule has 0 aromatic heterocycles. The number of benzene rings is 1. The minimum Gasteiger partial charge on any atom is -0.393 e. The molecular weight excluding hydrogens is 360 g/mol. The molecule has 0 spiro atoms. The lowest BCUT2D eigenvalue weighted by molar-refractivity contribution is -0.114. The molecule has 2 saturated carbocycles. The first kappa shape index (κ1) is 19.3. The third-order valence-electron chi connectivity index (χ3n) is 8.48. The van der Waals surface area contributed by atoms with Gasteiger partial charge in [0.2, 0.25) is 0 Å². The number of carbonyl (C=O) groups excluding carboxylic acids is 1. The summed E-state index contributed by atoms with van der Waals surface area (Å²) in [6.45, 7) is 4.12. The summed E-state index contributed by atoms with van der Waals surface area (Å²) in [5, 5.41) is 21.1. The Balaban J connectivity index is 1.68. The van der Waals surface area contributed by atoms with E-state index in [4.69, 9.17) is 0 Å². The van der Waals surface area contributed by atoms with E-state index in [2.05, 4.69) is 25.1 Å². The largest absolute Gasteiger partial charge is 0.393 e. The summed E-state index contributed by atoms with van der Waals surface area (Å²) < 4.78 is 0. The molecule has 29 heavy (non-hydrogen) atoms. The Morgan fingerprint density at radius 3 is 2.76 bits per heavy atom. The van der Waals surface area contributed by atoms with Crippen molar-refractivity contribution in [2.45, 2.75) is 76.9 Å². The molecule has 3 nitrogen and oxygen atoms in total. The normalized spacial score (nSPS) is 37.5. The maximum absolute atomic E-state index is 12.1. The number of hydrogen-bond donors (Lipinski definition) is 2. The first-order chi connectivity index (χ1) is 13.9. The van der Waals surface area contributed by atoms with Crippen molar-refractivity contribution < 1.29 is 15.0 Å². The quantitative estimate of drug-likeness (QED) is 0.745. The molecule has 0 bridgehead atoms. The first-order valence-corrected chi connectivity index (χ1v) is 11.3. The van der Waals surface area contributed by atoms with Crippen LogP contribution < -0.4 is 0 Å². The van der Waals surface area contributed by atoms with Crippen molar-refractivity contribution in [2.24, 2.45) is 17.3 Å². The van der Waals surface area contributed by atoms with E-state index in [0.717, 1.165) is 44.1 Å². The van der Waals surface area contributed by atoms with Crippen LogP contribution in [-0.4, -0.2) is 22.1 Å². The van der Waals surface area contributed by atoms with Gasteiger partial charge in [-0.1, -0.05) is 36.8 Å². The average Bonchev–Trinajstić information content (AvgIpc) is 3.01. The molecule has 0 amide bonds. The van der Waals surface area contributed by atoms with Crippen molar-refractivity contribution in [3.8, 4) is 0 Å². The van der Waals surface area contributed by atoms with Gasteiger partial charge >= 0.3 is 0 Å². The number of fused-ring (bicyclic) bond motifs is 4. The lowest BCUT2D eigenvalue weighted by Gasteiger charge is -2.52. The molecular formula is C26H32O3. The Hall–Kier alpha value is -1.71. The fourth-order valence-electron chi connectivity index (χ4n) is 6.97. The molecule has 0 radical (unpaired) electrons. The second-order valence-corrected chi connectivity index (χ2v) is 10.0. The predicted octanol–water partition coefficient (Wildman–Crippen LogP) is 5.00. The molecule has 5 rings (SSSR count). The van der Waals surface area contributed by atoms with Crippen LogP contribution in [0.15, 0.2) is 47.1 Å². The van der Waals surface area contributed by atoms with Crippen molar-refractivity contribution in [3.63, 3.8) is 0 Å². The van der Waals surface area contributed by atoms with E-state index < -0.39 is 6.10 Å². The van der Waals surface area contributed by atoms with E-state index >= 15 is 0 Å². The Morgan fingerprint density at radius 2 is 1.97 bits per heavy atom. The molecule has 6 atom stereocenters. The standard InChI is InChI=1S/C26H32O3/c1-15(27)16-4-3-5-17(12-16)22-14-26(2)23(10-11-24(26)29)21-8-6-18-13-19(28)7-9-20(18)25(21)22/h3-5,12-13,15,21-24,27,29H,6-11,14H2,1-2H3. The highest BCUT2D eigenvalue weighted by molar-refractivity contribution is 5.93. The molecule has 0 heterocycles. The van der Waals surface area contributed by atoms with Crippen LogP contribution in [0.25, 0.3) is 0 Å². The lowest BCUT2D eigenvalue weighted by Crippen LogP contribution is -2.45. The molecule has 2 fully saturated rings. The SMILES string of the molecule is CC(O)c1cccc(C2CC3(C)C(O)CCC3C3CCC4=CC(=O)CCC4=C23)c1. The van der Waals surface area contributed by atoms with Crippen LogP contribution in [0.4, 0.5) is 0 Å². The van der Waals surface area contributed by atoms with E-state index in [1.54, 1.807) is 5.57 Å². The van der Waals surface area contributed by atoms with E-state index in [1.165, 1.54) is 16.7 Å². The van der Waals surface area contributed by atoms with E-state index in [9.17, 15) is 15.0 Å². The van der Waals surface area contributed by atoms with Gasteiger partial charge in [-0.2, -0.15) is 0 Å². The number of ketones is 1. The van der Waals surface area contributed by atoms with Crippen LogP contribution in [0.3, 0.4) is 0 Å². The second kappa shape index (κ2) is 6.92. The minimum absolute atomic E-state index is 0.0497. The molecule has 0 saturated heterocycles. The summed E-state index contributed by atoms with van der Waals surface area (Å²) in [7, 11) is 0. The first-order valence-electron chi connectivity index (χ1n) is 11.3. The Labute approximate surface area is 173 Å². The summed E-state index contributed by atoms with van der Waals surface area (Å²) >= 11 is 0. The molecule has 6 unspecified atom stereocenters. The fraction of sp³-hybridized carbons (Fsp3) is 0.577. The number of aliphatic hydroxyl groups excluding tert-OH is 2. The van der Waals surface area contributed by atoms with Gasteiger partial charge in [0.1, 0.15) is 0 Å². The molecule has 154 valence electrons. The third kappa shape index (κ3) is 2.97. The van der Waals surface area contributed by atoms with Gasteiger partial charge in [-0.3, -0.25) is 4.79 Å². The molecule has 1 aromatic carbocycles.